The van der Waals surface area contributed by atoms with Crippen molar-refractivity contribution >= 4 is 0 Å². The maximum atomic E-state index is 6.31. The van der Waals surface area contributed by atoms with Crippen molar-refractivity contribution in [3.8, 4) is 11.5 Å². The summed E-state index contributed by atoms with van der Waals surface area (Å²) in [5.74, 6) is 1.57. The van der Waals surface area contributed by atoms with Crippen molar-refractivity contribution in [1.82, 2.24) is 4.90 Å². The molecule has 0 saturated carbocycles. The molecule has 1 unspecified atom stereocenters. The van der Waals surface area contributed by atoms with Gasteiger partial charge in [-0.3, -0.25) is 4.90 Å². The maximum absolute atomic E-state index is 6.31. The van der Waals surface area contributed by atoms with Crippen molar-refractivity contribution < 1.29 is 14.2 Å². The van der Waals surface area contributed by atoms with Gasteiger partial charge in [0.05, 0.1) is 24.4 Å². The van der Waals surface area contributed by atoms with Gasteiger partial charge in [0, 0.05) is 18.6 Å². The number of hydrogen-bond acceptors (Lipinski definition) is 4. The lowest BCUT2D eigenvalue weighted by Gasteiger charge is -2.35. The van der Waals surface area contributed by atoms with Gasteiger partial charge in [-0.05, 0) is 86.9 Å². The predicted molar refractivity (Wildman–Crippen MR) is 114 cm³/mol. The number of benzene rings is 1. The van der Waals surface area contributed by atoms with Crippen molar-refractivity contribution in [2.75, 3.05) is 6.54 Å². The Kier molecular flexibility index (Phi) is 9.61. The second-order valence-corrected chi connectivity index (χ2v) is 8.60. The molecular formula is C23H41NO3. The van der Waals surface area contributed by atoms with E-state index in [1.807, 2.05) is 33.8 Å². The van der Waals surface area contributed by atoms with Crippen LogP contribution in [0.2, 0.25) is 0 Å². The fraction of sp³-hybridized carbons (Fsp3) is 0.739. The molecule has 1 rings (SSSR count). The van der Waals surface area contributed by atoms with Crippen molar-refractivity contribution in [1.29, 1.82) is 0 Å². The summed E-state index contributed by atoms with van der Waals surface area (Å²) in [6.45, 7) is 22.1. The first-order valence-corrected chi connectivity index (χ1v) is 10.4. The standard InChI is InChI=1S/C23H41NO3/c1-15(2)24(16(3)4)14-23(27-19(9)10)20-11-12-21(25-17(5)6)22(13-20)26-18(7)8/h11-13,15-19,23H,14H2,1-10H3. The minimum Gasteiger partial charge on any atom is -0.487 e. The second kappa shape index (κ2) is 10.9. The van der Waals surface area contributed by atoms with E-state index < -0.39 is 0 Å². The van der Waals surface area contributed by atoms with Crippen molar-refractivity contribution in [3.63, 3.8) is 0 Å². The monoisotopic (exact) mass is 379 g/mol. The van der Waals surface area contributed by atoms with Crippen LogP contribution in [-0.2, 0) is 4.74 Å². The third-order valence-corrected chi connectivity index (χ3v) is 4.20. The van der Waals surface area contributed by atoms with Gasteiger partial charge in [-0.15, -0.1) is 0 Å². The highest BCUT2D eigenvalue weighted by atomic mass is 16.5. The molecule has 4 heteroatoms. The molecule has 1 atom stereocenters. The Morgan fingerprint density at radius 2 is 1.22 bits per heavy atom. The van der Waals surface area contributed by atoms with E-state index in [0.717, 1.165) is 23.6 Å². The Bertz CT molecular complexity index is 545. The second-order valence-electron chi connectivity index (χ2n) is 8.60. The lowest BCUT2D eigenvalue weighted by molar-refractivity contribution is -0.0249. The summed E-state index contributed by atoms with van der Waals surface area (Å²) in [6, 6.07) is 7.12. The maximum Gasteiger partial charge on any atom is 0.161 e. The Balaban J connectivity index is 3.23. The number of ether oxygens (including phenoxy) is 3. The van der Waals surface area contributed by atoms with Gasteiger partial charge in [-0.1, -0.05) is 6.07 Å². The largest absolute Gasteiger partial charge is 0.487 e. The van der Waals surface area contributed by atoms with Crippen LogP contribution < -0.4 is 9.47 Å². The summed E-state index contributed by atoms with van der Waals surface area (Å²) in [5, 5.41) is 0. The van der Waals surface area contributed by atoms with Gasteiger partial charge in [0.15, 0.2) is 11.5 Å². The highest BCUT2D eigenvalue weighted by molar-refractivity contribution is 5.44. The molecule has 0 saturated heterocycles. The third-order valence-electron chi connectivity index (χ3n) is 4.20. The summed E-state index contributed by atoms with van der Waals surface area (Å²) in [6.07, 6.45) is 0.321. The zero-order chi connectivity index (χ0) is 20.7. The minimum absolute atomic E-state index is 0.0163. The number of nitrogens with zero attached hydrogens (tertiary/aromatic N) is 1. The Morgan fingerprint density at radius 3 is 1.67 bits per heavy atom. The van der Waals surface area contributed by atoms with E-state index in [1.54, 1.807) is 0 Å². The smallest absolute Gasteiger partial charge is 0.161 e. The first-order chi connectivity index (χ1) is 12.5. The van der Waals surface area contributed by atoms with Crippen LogP contribution in [-0.4, -0.2) is 41.8 Å². The highest BCUT2D eigenvalue weighted by Crippen LogP contribution is 2.34. The van der Waals surface area contributed by atoms with Crippen LogP contribution in [0.3, 0.4) is 0 Å². The SMILES string of the molecule is CC(C)Oc1ccc(C(CN(C(C)C)C(C)C)OC(C)C)cc1OC(C)C. The summed E-state index contributed by atoms with van der Waals surface area (Å²) < 4.78 is 18.3. The molecule has 27 heavy (non-hydrogen) atoms. The van der Waals surface area contributed by atoms with Crippen molar-refractivity contribution in [2.45, 2.75) is 106 Å². The van der Waals surface area contributed by atoms with Gasteiger partial charge in [0.1, 0.15) is 0 Å². The van der Waals surface area contributed by atoms with Gasteiger partial charge < -0.3 is 14.2 Å². The van der Waals surface area contributed by atoms with E-state index in [2.05, 4.69) is 58.6 Å². The fourth-order valence-corrected chi connectivity index (χ4v) is 3.19. The summed E-state index contributed by atoms with van der Waals surface area (Å²) in [4.78, 5) is 2.47. The molecule has 156 valence electrons. The van der Waals surface area contributed by atoms with Crippen LogP contribution >= 0.6 is 0 Å². The Labute approximate surface area is 167 Å². The van der Waals surface area contributed by atoms with E-state index in [4.69, 9.17) is 14.2 Å². The molecule has 0 aliphatic rings. The lowest BCUT2D eigenvalue weighted by atomic mass is 10.1. The predicted octanol–water partition coefficient (Wildman–Crippen LogP) is 5.85. The first-order valence-electron chi connectivity index (χ1n) is 10.4. The molecule has 0 amide bonds. The molecule has 1 aromatic rings. The molecule has 0 spiro atoms. The molecule has 0 aliphatic heterocycles. The van der Waals surface area contributed by atoms with Gasteiger partial charge >= 0.3 is 0 Å². The zero-order valence-electron chi connectivity index (χ0n) is 19.1. The molecule has 0 fully saturated rings. The van der Waals surface area contributed by atoms with Crippen molar-refractivity contribution in [2.24, 2.45) is 0 Å². The molecule has 4 nitrogen and oxygen atoms in total. The molecule has 0 heterocycles. The molecule has 1 aromatic carbocycles. The van der Waals surface area contributed by atoms with Crippen LogP contribution in [0.15, 0.2) is 18.2 Å². The summed E-state index contributed by atoms with van der Waals surface area (Å²) in [5.41, 5.74) is 1.13. The quantitative estimate of drug-likeness (QED) is 0.483. The lowest BCUT2D eigenvalue weighted by Crippen LogP contribution is -2.40. The minimum atomic E-state index is -0.0163. The first kappa shape index (κ1) is 23.8. The fourth-order valence-electron chi connectivity index (χ4n) is 3.19. The average molecular weight is 380 g/mol. The van der Waals surface area contributed by atoms with Crippen LogP contribution in [0.1, 0.15) is 80.9 Å². The molecule has 0 aliphatic carbocycles. The van der Waals surface area contributed by atoms with E-state index in [0.29, 0.717) is 12.1 Å². The number of hydrogen-bond donors (Lipinski definition) is 0. The van der Waals surface area contributed by atoms with Gasteiger partial charge in [-0.25, -0.2) is 0 Å². The zero-order valence-corrected chi connectivity index (χ0v) is 19.1. The molecule has 0 bridgehead atoms. The topological polar surface area (TPSA) is 30.9 Å². The Morgan fingerprint density at radius 1 is 0.704 bits per heavy atom. The Hall–Kier alpha value is -1.26. The van der Waals surface area contributed by atoms with Crippen LogP contribution in [0.5, 0.6) is 11.5 Å². The third kappa shape index (κ3) is 8.10. The number of rotatable bonds is 11. The van der Waals surface area contributed by atoms with Crippen molar-refractivity contribution in [3.05, 3.63) is 23.8 Å². The molecular weight excluding hydrogens is 338 g/mol. The summed E-state index contributed by atoms with van der Waals surface area (Å²) >= 11 is 0. The highest BCUT2D eigenvalue weighted by Gasteiger charge is 2.23. The molecule has 0 aromatic heterocycles. The van der Waals surface area contributed by atoms with E-state index >= 15 is 0 Å². The van der Waals surface area contributed by atoms with Crippen LogP contribution in [0, 0.1) is 0 Å². The van der Waals surface area contributed by atoms with E-state index in [-0.39, 0.29) is 24.4 Å². The van der Waals surface area contributed by atoms with E-state index in [9.17, 15) is 0 Å². The normalized spacial score (nSPS) is 13.5. The molecule has 0 N–H and O–H groups in total. The van der Waals surface area contributed by atoms with Gasteiger partial charge in [0.25, 0.3) is 0 Å². The van der Waals surface area contributed by atoms with E-state index in [1.165, 1.54) is 0 Å². The van der Waals surface area contributed by atoms with Crippen LogP contribution in [0.4, 0.5) is 0 Å². The van der Waals surface area contributed by atoms with Gasteiger partial charge in [0.2, 0.25) is 0 Å². The molecule has 0 radical (unpaired) electrons. The average Bonchev–Trinajstić information content (AvgIpc) is 2.51. The van der Waals surface area contributed by atoms with Crippen LogP contribution in [0.25, 0.3) is 0 Å². The summed E-state index contributed by atoms with van der Waals surface area (Å²) in [7, 11) is 0. The van der Waals surface area contributed by atoms with Gasteiger partial charge in [-0.2, -0.15) is 0 Å².